The maximum atomic E-state index is 5.78. The van der Waals surface area contributed by atoms with Gasteiger partial charge in [-0.2, -0.15) is 0 Å². The molecule has 1 aromatic heterocycles. The van der Waals surface area contributed by atoms with Gasteiger partial charge in [-0.25, -0.2) is 0 Å². The summed E-state index contributed by atoms with van der Waals surface area (Å²) in [4.78, 5) is 0. The highest BCUT2D eigenvalue weighted by molar-refractivity contribution is 5.71. The van der Waals surface area contributed by atoms with Gasteiger partial charge in [-0.3, -0.25) is 0 Å². The highest BCUT2D eigenvalue weighted by atomic mass is 16.5. The van der Waals surface area contributed by atoms with Crippen LogP contribution < -0.4 is 10.5 Å². The average molecular weight is 216 g/mol. The Kier molecular flexibility index (Phi) is 1.89. The van der Waals surface area contributed by atoms with Gasteiger partial charge >= 0.3 is 0 Å². The van der Waals surface area contributed by atoms with Gasteiger partial charge in [0.2, 0.25) is 5.88 Å². The first-order valence-corrected chi connectivity index (χ1v) is 5.25. The summed E-state index contributed by atoms with van der Waals surface area (Å²) in [5.41, 5.74) is 8.40. The van der Waals surface area contributed by atoms with Crippen LogP contribution in [0.3, 0.4) is 0 Å². The summed E-state index contributed by atoms with van der Waals surface area (Å²) in [5.74, 6) is 1.22. The lowest BCUT2D eigenvalue weighted by Gasteiger charge is -2.06. The van der Waals surface area contributed by atoms with Crippen LogP contribution in [0.4, 0.5) is 5.88 Å². The molecule has 0 fully saturated rings. The van der Waals surface area contributed by atoms with Crippen molar-refractivity contribution in [3.05, 3.63) is 29.8 Å². The summed E-state index contributed by atoms with van der Waals surface area (Å²) in [6.45, 7) is 2.06. The Morgan fingerprint density at radius 1 is 1.44 bits per heavy atom. The largest absolute Gasteiger partial charge is 0.489 e. The molecule has 82 valence electrons. The first-order chi connectivity index (χ1) is 7.74. The average Bonchev–Trinajstić information content (AvgIpc) is 2.82. The molecule has 2 heterocycles. The van der Waals surface area contributed by atoms with Crippen molar-refractivity contribution < 1.29 is 9.26 Å². The lowest BCUT2D eigenvalue weighted by Crippen LogP contribution is -2.05. The molecule has 0 radical (unpaired) electrons. The van der Waals surface area contributed by atoms with Crippen LogP contribution in [0.1, 0.15) is 12.5 Å². The predicted octanol–water partition coefficient (Wildman–Crippen LogP) is 2.25. The van der Waals surface area contributed by atoms with Gasteiger partial charge in [0.1, 0.15) is 17.5 Å². The summed E-state index contributed by atoms with van der Waals surface area (Å²) in [5, 5.41) is 3.91. The topological polar surface area (TPSA) is 61.3 Å². The molecule has 4 nitrogen and oxygen atoms in total. The number of fused-ring (bicyclic) bond motifs is 1. The molecule has 1 unspecified atom stereocenters. The van der Waals surface area contributed by atoms with Crippen molar-refractivity contribution in [2.75, 3.05) is 5.73 Å². The number of aromatic nitrogens is 1. The van der Waals surface area contributed by atoms with Crippen LogP contribution in [0.5, 0.6) is 5.75 Å². The van der Waals surface area contributed by atoms with E-state index in [1.807, 2.05) is 12.1 Å². The molecule has 0 spiro atoms. The minimum Gasteiger partial charge on any atom is -0.489 e. The van der Waals surface area contributed by atoms with Crippen molar-refractivity contribution >= 4 is 5.88 Å². The van der Waals surface area contributed by atoms with Gasteiger partial charge in [0.25, 0.3) is 0 Å². The molecule has 1 aromatic carbocycles. The molecule has 1 atom stereocenters. The number of benzene rings is 1. The SMILES string of the molecule is CC1Cc2cccc(-c3cc(N)on3)c2O1. The number of hydrogen-bond acceptors (Lipinski definition) is 4. The Morgan fingerprint density at radius 2 is 2.31 bits per heavy atom. The fourth-order valence-electron chi connectivity index (χ4n) is 2.06. The van der Waals surface area contributed by atoms with Crippen LogP contribution in [-0.2, 0) is 6.42 Å². The van der Waals surface area contributed by atoms with Gasteiger partial charge in [-0.15, -0.1) is 0 Å². The van der Waals surface area contributed by atoms with Crippen molar-refractivity contribution in [3.63, 3.8) is 0 Å². The van der Waals surface area contributed by atoms with Crippen molar-refractivity contribution in [3.8, 4) is 17.0 Å². The number of nitrogens with zero attached hydrogens (tertiary/aromatic N) is 1. The number of nitrogens with two attached hydrogens (primary N) is 1. The molecule has 1 aliphatic rings. The van der Waals surface area contributed by atoms with Gasteiger partial charge in [0, 0.05) is 18.1 Å². The third-order valence-corrected chi connectivity index (χ3v) is 2.73. The quantitative estimate of drug-likeness (QED) is 0.794. The summed E-state index contributed by atoms with van der Waals surface area (Å²) >= 11 is 0. The van der Waals surface area contributed by atoms with E-state index >= 15 is 0 Å². The predicted molar refractivity (Wildman–Crippen MR) is 60.1 cm³/mol. The molecular weight excluding hydrogens is 204 g/mol. The zero-order valence-electron chi connectivity index (χ0n) is 8.93. The van der Waals surface area contributed by atoms with Crippen LogP contribution >= 0.6 is 0 Å². The second kappa shape index (κ2) is 3.27. The molecule has 0 bridgehead atoms. The summed E-state index contributed by atoms with van der Waals surface area (Å²) < 4.78 is 10.7. The molecular formula is C12H12N2O2. The highest BCUT2D eigenvalue weighted by Gasteiger charge is 2.23. The second-order valence-electron chi connectivity index (χ2n) is 4.04. The van der Waals surface area contributed by atoms with Crippen LogP contribution in [-0.4, -0.2) is 11.3 Å². The van der Waals surface area contributed by atoms with E-state index in [2.05, 4.69) is 18.1 Å². The van der Waals surface area contributed by atoms with E-state index < -0.39 is 0 Å². The molecule has 0 saturated heterocycles. The van der Waals surface area contributed by atoms with Crippen molar-refractivity contribution in [1.82, 2.24) is 5.16 Å². The minimum atomic E-state index is 0.223. The molecule has 0 amide bonds. The Balaban J connectivity index is 2.13. The Morgan fingerprint density at radius 3 is 3.06 bits per heavy atom. The van der Waals surface area contributed by atoms with E-state index in [1.54, 1.807) is 6.07 Å². The van der Waals surface area contributed by atoms with Crippen molar-refractivity contribution in [1.29, 1.82) is 0 Å². The van der Waals surface area contributed by atoms with Gasteiger partial charge in [-0.05, 0) is 18.6 Å². The van der Waals surface area contributed by atoms with E-state index in [1.165, 1.54) is 5.56 Å². The molecule has 16 heavy (non-hydrogen) atoms. The Hall–Kier alpha value is -1.97. The first-order valence-electron chi connectivity index (χ1n) is 5.25. The van der Waals surface area contributed by atoms with E-state index in [-0.39, 0.29) is 6.10 Å². The van der Waals surface area contributed by atoms with Crippen LogP contribution in [0.25, 0.3) is 11.3 Å². The number of nitrogen functional groups attached to an aromatic ring is 1. The molecule has 4 heteroatoms. The van der Waals surface area contributed by atoms with Crippen LogP contribution in [0, 0.1) is 0 Å². The number of hydrogen-bond donors (Lipinski definition) is 1. The summed E-state index contributed by atoms with van der Waals surface area (Å²) in [6, 6.07) is 7.75. The summed E-state index contributed by atoms with van der Waals surface area (Å²) in [6.07, 6.45) is 1.16. The smallest absolute Gasteiger partial charge is 0.222 e. The van der Waals surface area contributed by atoms with Gasteiger partial charge < -0.3 is 15.0 Å². The minimum absolute atomic E-state index is 0.223. The third-order valence-electron chi connectivity index (χ3n) is 2.73. The first kappa shape index (κ1) is 9.27. The number of para-hydroxylation sites is 1. The molecule has 3 rings (SSSR count). The zero-order valence-corrected chi connectivity index (χ0v) is 8.93. The van der Waals surface area contributed by atoms with Crippen molar-refractivity contribution in [2.24, 2.45) is 0 Å². The monoisotopic (exact) mass is 216 g/mol. The molecule has 2 aromatic rings. The van der Waals surface area contributed by atoms with E-state index in [9.17, 15) is 0 Å². The number of rotatable bonds is 1. The van der Waals surface area contributed by atoms with E-state index in [0.717, 1.165) is 23.4 Å². The number of ether oxygens (including phenoxy) is 1. The Bertz CT molecular complexity index is 534. The Labute approximate surface area is 93.0 Å². The molecule has 0 aliphatic carbocycles. The van der Waals surface area contributed by atoms with Gasteiger partial charge in [0.15, 0.2) is 0 Å². The lowest BCUT2D eigenvalue weighted by molar-refractivity contribution is 0.255. The second-order valence-corrected chi connectivity index (χ2v) is 4.04. The number of anilines is 1. The van der Waals surface area contributed by atoms with Crippen molar-refractivity contribution in [2.45, 2.75) is 19.4 Å². The summed E-state index contributed by atoms with van der Waals surface area (Å²) in [7, 11) is 0. The normalized spacial score (nSPS) is 18.2. The fraction of sp³-hybridized carbons (Fsp3) is 0.250. The van der Waals surface area contributed by atoms with E-state index in [0.29, 0.717) is 5.88 Å². The fourth-order valence-corrected chi connectivity index (χ4v) is 2.06. The zero-order chi connectivity index (χ0) is 11.1. The van der Waals surface area contributed by atoms with E-state index in [4.69, 9.17) is 15.0 Å². The lowest BCUT2D eigenvalue weighted by atomic mass is 10.0. The molecule has 2 N–H and O–H groups in total. The molecule has 1 aliphatic heterocycles. The maximum absolute atomic E-state index is 5.78. The van der Waals surface area contributed by atoms with Crippen LogP contribution in [0.15, 0.2) is 28.8 Å². The van der Waals surface area contributed by atoms with Gasteiger partial charge in [-0.1, -0.05) is 17.3 Å². The maximum Gasteiger partial charge on any atom is 0.222 e. The van der Waals surface area contributed by atoms with Gasteiger partial charge in [0.05, 0.1) is 0 Å². The van der Waals surface area contributed by atoms with Crippen LogP contribution in [0.2, 0.25) is 0 Å². The molecule has 0 saturated carbocycles. The third kappa shape index (κ3) is 1.34. The highest BCUT2D eigenvalue weighted by Crippen LogP contribution is 2.38. The standard InChI is InChI=1S/C12H12N2O2/c1-7-5-8-3-2-4-9(12(8)15-7)10-6-11(13)16-14-10/h2-4,6-7H,5,13H2,1H3.